The van der Waals surface area contributed by atoms with Crippen LogP contribution < -0.4 is 36.1 Å². The molecule has 17 heteroatoms. The third kappa shape index (κ3) is 48.7. The summed E-state index contributed by atoms with van der Waals surface area (Å²) in [5.41, 5.74) is 2.60. The lowest BCUT2D eigenvalue weighted by Crippen LogP contribution is -2.40. The fraction of sp³-hybridized carbons (Fsp3) is 0.557. The number of benzene rings is 4. The summed E-state index contributed by atoms with van der Waals surface area (Å²) >= 11 is 0. The predicted octanol–water partition coefficient (Wildman–Crippen LogP) is 13.3. The molecule has 4 aromatic carbocycles. The van der Waals surface area contributed by atoms with Crippen LogP contribution in [0.25, 0.3) is 0 Å². The number of phenols is 1. The highest BCUT2D eigenvalue weighted by Crippen LogP contribution is 2.19. The van der Waals surface area contributed by atoms with E-state index in [4.69, 9.17) is 24.1 Å². The first-order valence-electron chi connectivity index (χ1n) is 29.3. The molecule has 4 aromatic rings. The van der Waals surface area contributed by atoms with Gasteiger partial charge in [-0.2, -0.15) is 0 Å². The van der Waals surface area contributed by atoms with Crippen molar-refractivity contribution in [1.29, 1.82) is 0 Å². The van der Waals surface area contributed by atoms with Gasteiger partial charge in [-0.05, 0) is 194 Å². The second kappa shape index (κ2) is 39.6. The van der Waals surface area contributed by atoms with Gasteiger partial charge in [-0.3, -0.25) is 28.8 Å². The minimum atomic E-state index is -0.241. The lowest BCUT2D eigenvalue weighted by atomic mass is 9.91. The average molecular weight is 1220 g/mol. The molecule has 6 N–H and O–H groups in total. The van der Waals surface area contributed by atoms with Crippen LogP contribution in [-0.4, -0.2) is 116 Å². The largest absolute Gasteiger partial charge is 0.508 e. The zero-order valence-electron chi connectivity index (χ0n) is 58.2. The Hall–Kier alpha value is -7.11. The molecule has 490 valence electrons. The quantitative estimate of drug-likeness (QED) is 0.0686. The molecule has 0 aliphatic carbocycles. The molecule has 0 saturated heterocycles. The molecule has 0 saturated carbocycles. The molecule has 0 unspecified atom stereocenters. The van der Waals surface area contributed by atoms with Gasteiger partial charge in [0.05, 0.1) is 13.2 Å². The second-order valence-corrected chi connectivity index (χ2v) is 28.0. The topological polar surface area (TPSA) is 237 Å². The van der Waals surface area contributed by atoms with E-state index in [0.29, 0.717) is 55.1 Å². The first-order valence-corrected chi connectivity index (χ1v) is 29.3. The number of carbonyl (C=O) groups excluding carboxylic acids is 7. The third-order valence-corrected chi connectivity index (χ3v) is 10.5. The molecule has 0 heterocycles. The lowest BCUT2D eigenvalue weighted by molar-refractivity contribution is -0.128. The van der Waals surface area contributed by atoms with Crippen molar-refractivity contribution in [2.24, 2.45) is 16.2 Å². The minimum absolute atomic E-state index is 0.0162. The number of hydrogen-bond acceptors (Lipinski definition) is 12. The number of carbonyl (C=O) groups is 7. The molecule has 87 heavy (non-hydrogen) atoms. The van der Waals surface area contributed by atoms with Gasteiger partial charge in [0, 0.05) is 82.9 Å². The highest BCUT2D eigenvalue weighted by atomic mass is 16.5. The summed E-state index contributed by atoms with van der Waals surface area (Å²) < 4.78 is 20.6. The highest BCUT2D eigenvalue weighted by molar-refractivity contribution is 5.96. The molecule has 0 spiro atoms. The Morgan fingerprint density at radius 2 is 0.655 bits per heavy atom. The van der Waals surface area contributed by atoms with E-state index >= 15 is 0 Å². The molecule has 0 radical (unpaired) electrons. The fourth-order valence-corrected chi connectivity index (χ4v) is 5.98. The van der Waals surface area contributed by atoms with E-state index < -0.39 is 0 Å². The summed E-state index contributed by atoms with van der Waals surface area (Å²) in [6.07, 6.45) is 0.687. The van der Waals surface area contributed by atoms with Crippen LogP contribution in [0.5, 0.6) is 17.2 Å². The molecule has 0 atom stereocenters. The van der Waals surface area contributed by atoms with Crippen LogP contribution in [0, 0.1) is 23.2 Å². The summed E-state index contributed by atoms with van der Waals surface area (Å²) in [4.78, 5) is 78.6. The van der Waals surface area contributed by atoms with E-state index in [2.05, 4.69) is 47.4 Å². The smallest absolute Gasteiger partial charge is 0.251 e. The Morgan fingerprint density at radius 1 is 0.402 bits per heavy atom. The van der Waals surface area contributed by atoms with E-state index in [1.807, 2.05) is 156 Å². The molecule has 0 fully saturated rings. The summed E-state index contributed by atoms with van der Waals surface area (Å²) in [6, 6.07) is 27.9. The Balaban J connectivity index is -0.000000972. The summed E-state index contributed by atoms with van der Waals surface area (Å²) in [6.45, 7) is 48.3. The zero-order chi connectivity index (χ0) is 68.4. The number of ketones is 2. The number of hydrogen-bond donors (Lipinski definition) is 6. The highest BCUT2D eigenvalue weighted by Gasteiger charge is 2.20. The number of nitrogens with one attached hydrogen (secondary N) is 5. The molecular weight excluding hydrogens is 1100 g/mol. The maximum absolute atomic E-state index is 11.9. The van der Waals surface area contributed by atoms with Crippen LogP contribution in [0.4, 0.5) is 0 Å². The van der Waals surface area contributed by atoms with Gasteiger partial charge in [0.1, 0.15) is 42.0 Å². The van der Waals surface area contributed by atoms with Gasteiger partial charge in [0.25, 0.3) is 23.6 Å². The van der Waals surface area contributed by atoms with Gasteiger partial charge in [-0.1, -0.05) is 80.0 Å². The molecule has 5 amide bonds. The summed E-state index contributed by atoms with van der Waals surface area (Å²) in [5, 5.41) is 23.2. The molecule has 0 aliphatic heterocycles. The number of phenolic OH excluding ortho intramolecular Hbond substituents is 1. The van der Waals surface area contributed by atoms with Crippen molar-refractivity contribution >= 4 is 41.1 Å². The maximum atomic E-state index is 11.9. The van der Waals surface area contributed by atoms with Gasteiger partial charge in [0.2, 0.25) is 5.91 Å². The maximum Gasteiger partial charge on any atom is 0.251 e. The Morgan fingerprint density at radius 3 is 0.828 bits per heavy atom. The predicted molar refractivity (Wildman–Crippen MR) is 354 cm³/mol. The van der Waals surface area contributed by atoms with Gasteiger partial charge in [-0.25, -0.2) is 0 Å². The third-order valence-electron chi connectivity index (χ3n) is 10.5. The Kier molecular flexibility index (Phi) is 38.3. The lowest BCUT2D eigenvalue weighted by Gasteiger charge is -2.20. The zero-order valence-corrected chi connectivity index (χ0v) is 58.2. The van der Waals surface area contributed by atoms with Gasteiger partial charge < -0.3 is 55.4 Å². The molecule has 4 rings (SSSR count). The number of Topliss-reactive ketones (excluding diaryl/α,β-unsaturated/α-hetero) is 2. The van der Waals surface area contributed by atoms with Crippen LogP contribution in [0.3, 0.4) is 0 Å². The number of amides is 5. The minimum Gasteiger partial charge on any atom is -0.508 e. The molecule has 0 aromatic heterocycles. The molecular formula is C70H113N5O12. The molecule has 0 aliphatic rings. The average Bonchev–Trinajstić information content (AvgIpc) is 3.59. The van der Waals surface area contributed by atoms with Crippen LogP contribution >= 0.6 is 0 Å². The number of methoxy groups -OCH3 is 2. The monoisotopic (exact) mass is 1220 g/mol. The Bertz CT molecular complexity index is 2490. The van der Waals surface area contributed by atoms with Crippen LogP contribution in [-0.2, 0) is 23.9 Å². The summed E-state index contributed by atoms with van der Waals surface area (Å²) in [5.74, 6) is 1.94. The SMILES string of the molecule is CC(=O)C(C)(C)C.CC(=O)CC(C)(C)C.CC(C)(C)NC(=O)c1ccc(O)cc1.CNC(=O)C(C)(C)C.COCCOc1ccc(C(=O)NC(C)(C)C)cc1.COCCOc1ccc(C(=O)NC(C)(C)C)cc1.Cc1ccc(C(=O)NC(C)(C)C)cc1. The Labute approximate surface area is 524 Å². The van der Waals surface area contributed by atoms with E-state index in [9.17, 15) is 33.6 Å². The second-order valence-electron chi connectivity index (χ2n) is 28.0. The van der Waals surface area contributed by atoms with Gasteiger partial charge >= 0.3 is 0 Å². The van der Waals surface area contributed by atoms with Gasteiger partial charge in [-0.15, -0.1) is 0 Å². The van der Waals surface area contributed by atoms with Gasteiger partial charge in [0.15, 0.2) is 0 Å². The van der Waals surface area contributed by atoms with Crippen LogP contribution in [0.1, 0.15) is 213 Å². The van der Waals surface area contributed by atoms with Crippen LogP contribution in [0.2, 0.25) is 0 Å². The van der Waals surface area contributed by atoms with E-state index in [0.717, 1.165) is 17.1 Å². The fourth-order valence-electron chi connectivity index (χ4n) is 5.98. The van der Waals surface area contributed by atoms with Crippen molar-refractivity contribution in [1.82, 2.24) is 26.6 Å². The standard InChI is InChI=1S/2C14H21NO3.C12H17NO.C11H15NO2.C7H14O.C6H13NO.C6H12O/c2*1-14(2,3)15-13(16)11-5-7-12(8-6-11)18-10-9-17-4;1-9-5-7-10(8-6-9)11(14)13-12(2,3)4;1-11(2,3)12-10(14)8-4-6-9(13)7-5-8;1-6(8)5-7(2,3)4;1-6(2,3)5(8)7-4;1-5(7)6(2,3)4/h2*5-8H,9-10H2,1-4H3,(H,15,16);5-8H,1-4H3,(H,13,14);4-7,13H,1-3H3,(H,12,14);5H2,1-4H3;1-4H3,(H,7,8);1-4H3. The van der Waals surface area contributed by atoms with Crippen molar-refractivity contribution in [3.05, 3.63) is 125 Å². The van der Waals surface area contributed by atoms with E-state index in [-0.39, 0.29) is 85.3 Å². The van der Waals surface area contributed by atoms with Crippen LogP contribution in [0.15, 0.2) is 97.1 Å². The molecule has 17 nitrogen and oxygen atoms in total. The van der Waals surface area contributed by atoms with Crippen molar-refractivity contribution < 1.29 is 57.6 Å². The van der Waals surface area contributed by atoms with Crippen molar-refractivity contribution in [3.63, 3.8) is 0 Å². The number of aryl methyl sites for hydroxylation is 1. The normalized spacial score (nSPS) is 11.2. The first-order chi connectivity index (χ1) is 39.4. The van der Waals surface area contributed by atoms with Crippen molar-refractivity contribution in [2.75, 3.05) is 47.7 Å². The van der Waals surface area contributed by atoms with Crippen molar-refractivity contribution in [2.45, 2.75) is 195 Å². The number of rotatable bonds is 13. The van der Waals surface area contributed by atoms with Crippen molar-refractivity contribution in [3.8, 4) is 17.2 Å². The number of ether oxygens (including phenoxy) is 4. The number of aromatic hydroxyl groups is 1. The van der Waals surface area contributed by atoms with E-state index in [1.165, 1.54) is 12.1 Å². The molecule has 0 bridgehead atoms. The van der Waals surface area contributed by atoms with E-state index in [1.54, 1.807) is 95.8 Å². The summed E-state index contributed by atoms with van der Waals surface area (Å²) in [7, 11) is 4.90. The first kappa shape index (κ1) is 84.1.